The molecule has 3 rings (SSSR count). The minimum atomic E-state index is 0.151. The Labute approximate surface area is 141 Å². The van der Waals surface area contributed by atoms with Crippen molar-refractivity contribution in [2.45, 2.75) is 25.9 Å². The Kier molecular flexibility index (Phi) is 4.87. The third kappa shape index (κ3) is 3.37. The van der Waals surface area contributed by atoms with Crippen molar-refractivity contribution >= 4 is 22.9 Å². The molecule has 0 bridgehead atoms. The van der Waals surface area contributed by atoms with E-state index in [0.717, 1.165) is 35.9 Å². The number of benzene rings is 1. The van der Waals surface area contributed by atoms with Gasteiger partial charge in [-0.3, -0.25) is 4.90 Å². The summed E-state index contributed by atoms with van der Waals surface area (Å²) in [6.07, 6.45) is 1.10. The standard InChI is InChI=1S/C18H20ClNOS/c1-13(2)21-12-17(15-5-3-4-6-16(15)19)20-9-7-18-14(11-20)8-10-22-18/h3-6,8,10,17H,1,7,9,11-12H2,2H3. The van der Waals surface area contributed by atoms with Crippen molar-refractivity contribution in [1.29, 1.82) is 0 Å². The molecule has 2 nitrogen and oxygen atoms in total. The highest BCUT2D eigenvalue weighted by molar-refractivity contribution is 7.10. The molecule has 0 fully saturated rings. The number of ether oxygens (including phenoxy) is 1. The zero-order chi connectivity index (χ0) is 15.5. The fourth-order valence-corrected chi connectivity index (χ4v) is 4.05. The first-order valence-electron chi connectivity index (χ1n) is 7.47. The smallest absolute Gasteiger partial charge is 0.107 e. The monoisotopic (exact) mass is 333 g/mol. The lowest BCUT2D eigenvalue weighted by molar-refractivity contribution is 0.0895. The number of halogens is 1. The van der Waals surface area contributed by atoms with Crippen molar-refractivity contribution in [3.8, 4) is 0 Å². The summed E-state index contributed by atoms with van der Waals surface area (Å²) in [5.41, 5.74) is 2.56. The molecule has 0 saturated heterocycles. The van der Waals surface area contributed by atoms with Crippen LogP contribution in [-0.2, 0) is 17.7 Å². The molecule has 1 aliphatic rings. The molecule has 0 radical (unpaired) electrons. The van der Waals surface area contributed by atoms with Gasteiger partial charge in [0, 0.05) is 23.0 Å². The van der Waals surface area contributed by atoms with Gasteiger partial charge in [-0.1, -0.05) is 36.4 Å². The Morgan fingerprint density at radius 2 is 2.23 bits per heavy atom. The largest absolute Gasteiger partial charge is 0.497 e. The quantitative estimate of drug-likeness (QED) is 0.710. The Balaban J connectivity index is 1.86. The van der Waals surface area contributed by atoms with E-state index in [1.807, 2.05) is 36.5 Å². The SMILES string of the molecule is C=C(C)OCC(c1ccccc1Cl)N1CCc2sccc2C1. The fourth-order valence-electron chi connectivity index (χ4n) is 2.89. The molecule has 0 N–H and O–H groups in total. The summed E-state index contributed by atoms with van der Waals surface area (Å²) in [6.45, 7) is 8.29. The average Bonchev–Trinajstić information content (AvgIpc) is 2.96. The van der Waals surface area contributed by atoms with Gasteiger partial charge in [0.05, 0.1) is 11.8 Å². The first kappa shape index (κ1) is 15.6. The molecule has 4 heteroatoms. The van der Waals surface area contributed by atoms with E-state index in [1.54, 1.807) is 0 Å². The van der Waals surface area contributed by atoms with E-state index < -0.39 is 0 Å². The van der Waals surface area contributed by atoms with E-state index in [2.05, 4.69) is 29.0 Å². The maximum atomic E-state index is 6.43. The number of hydrogen-bond acceptors (Lipinski definition) is 3. The van der Waals surface area contributed by atoms with Crippen LogP contribution in [-0.4, -0.2) is 18.1 Å². The summed E-state index contributed by atoms with van der Waals surface area (Å²) in [5.74, 6) is 0.741. The Morgan fingerprint density at radius 3 is 3.00 bits per heavy atom. The summed E-state index contributed by atoms with van der Waals surface area (Å²) >= 11 is 8.29. The highest BCUT2D eigenvalue weighted by Crippen LogP contribution is 2.33. The van der Waals surface area contributed by atoms with Crippen molar-refractivity contribution < 1.29 is 4.74 Å². The topological polar surface area (TPSA) is 12.5 Å². The normalized spacial score (nSPS) is 16.1. The molecule has 1 aromatic carbocycles. The molecule has 2 heterocycles. The van der Waals surface area contributed by atoms with Crippen molar-refractivity contribution in [2.75, 3.05) is 13.2 Å². The predicted molar refractivity (Wildman–Crippen MR) is 93.4 cm³/mol. The lowest BCUT2D eigenvalue weighted by Gasteiger charge is -2.35. The van der Waals surface area contributed by atoms with Crippen molar-refractivity contribution in [3.63, 3.8) is 0 Å². The first-order chi connectivity index (χ1) is 10.6. The zero-order valence-corrected chi connectivity index (χ0v) is 14.3. The van der Waals surface area contributed by atoms with E-state index in [1.165, 1.54) is 10.4 Å². The van der Waals surface area contributed by atoms with Crippen LogP contribution >= 0.6 is 22.9 Å². The van der Waals surface area contributed by atoms with Crippen LogP contribution in [0, 0.1) is 0 Å². The van der Waals surface area contributed by atoms with Gasteiger partial charge in [0.2, 0.25) is 0 Å². The number of rotatable bonds is 5. The summed E-state index contributed by atoms with van der Waals surface area (Å²) in [7, 11) is 0. The van der Waals surface area contributed by atoms with Crippen LogP contribution in [0.2, 0.25) is 5.02 Å². The third-order valence-corrected chi connectivity index (χ3v) is 5.40. The maximum absolute atomic E-state index is 6.43. The van der Waals surface area contributed by atoms with Crippen LogP contribution in [0.15, 0.2) is 48.0 Å². The molecule has 0 spiro atoms. The lowest BCUT2D eigenvalue weighted by atomic mass is 10.0. The molecule has 22 heavy (non-hydrogen) atoms. The van der Waals surface area contributed by atoms with E-state index in [-0.39, 0.29) is 6.04 Å². The van der Waals surface area contributed by atoms with E-state index in [9.17, 15) is 0 Å². The zero-order valence-electron chi connectivity index (χ0n) is 12.7. The van der Waals surface area contributed by atoms with E-state index >= 15 is 0 Å². The minimum Gasteiger partial charge on any atom is -0.497 e. The molecule has 1 aliphatic heterocycles. The van der Waals surface area contributed by atoms with Crippen molar-refractivity contribution in [2.24, 2.45) is 0 Å². The summed E-state index contributed by atoms with van der Waals surface area (Å²) in [5, 5.41) is 2.98. The van der Waals surface area contributed by atoms with E-state index in [0.29, 0.717) is 6.61 Å². The number of hydrogen-bond donors (Lipinski definition) is 0. The van der Waals surface area contributed by atoms with Crippen LogP contribution in [0.4, 0.5) is 0 Å². The van der Waals surface area contributed by atoms with Crippen LogP contribution in [0.5, 0.6) is 0 Å². The highest BCUT2D eigenvalue weighted by atomic mass is 35.5. The number of fused-ring (bicyclic) bond motifs is 1. The molecule has 1 aromatic heterocycles. The third-order valence-electron chi connectivity index (χ3n) is 4.03. The second-order valence-electron chi connectivity index (χ2n) is 5.64. The second-order valence-corrected chi connectivity index (χ2v) is 7.05. The maximum Gasteiger partial charge on any atom is 0.107 e. The lowest BCUT2D eigenvalue weighted by Crippen LogP contribution is -2.36. The molecular formula is C18H20ClNOS. The highest BCUT2D eigenvalue weighted by Gasteiger charge is 2.27. The van der Waals surface area contributed by atoms with Crippen LogP contribution < -0.4 is 0 Å². The van der Waals surface area contributed by atoms with E-state index in [4.69, 9.17) is 16.3 Å². The van der Waals surface area contributed by atoms with Gasteiger partial charge >= 0.3 is 0 Å². The number of allylic oxidation sites excluding steroid dienone is 1. The molecule has 0 aliphatic carbocycles. The summed E-state index contributed by atoms with van der Waals surface area (Å²) < 4.78 is 5.74. The molecule has 0 saturated carbocycles. The second kappa shape index (κ2) is 6.86. The number of thiophene rings is 1. The van der Waals surface area contributed by atoms with Gasteiger partial charge in [-0.15, -0.1) is 11.3 Å². The number of nitrogens with zero attached hydrogens (tertiary/aromatic N) is 1. The average molecular weight is 334 g/mol. The van der Waals surface area contributed by atoms with Gasteiger partial charge in [0.25, 0.3) is 0 Å². The minimum absolute atomic E-state index is 0.151. The van der Waals surface area contributed by atoms with Gasteiger partial charge in [-0.25, -0.2) is 0 Å². The molecule has 2 aromatic rings. The van der Waals surface area contributed by atoms with Crippen LogP contribution in [0.25, 0.3) is 0 Å². The Hall–Kier alpha value is -1.29. The summed E-state index contributed by atoms with van der Waals surface area (Å²) in [6, 6.07) is 10.4. The summed E-state index contributed by atoms with van der Waals surface area (Å²) in [4.78, 5) is 3.97. The Bertz CT molecular complexity index is 667. The van der Waals surface area contributed by atoms with Gasteiger partial charge in [-0.05, 0) is 42.0 Å². The van der Waals surface area contributed by atoms with Crippen molar-refractivity contribution in [1.82, 2.24) is 4.90 Å². The fraction of sp³-hybridized carbons (Fsp3) is 0.333. The van der Waals surface area contributed by atoms with Gasteiger partial charge in [0.15, 0.2) is 0 Å². The predicted octanol–water partition coefficient (Wildman–Crippen LogP) is 5.05. The van der Waals surface area contributed by atoms with Crippen LogP contribution in [0.1, 0.15) is 29.0 Å². The molecule has 0 amide bonds. The molecular weight excluding hydrogens is 314 g/mol. The van der Waals surface area contributed by atoms with Crippen molar-refractivity contribution in [3.05, 3.63) is 69.1 Å². The van der Waals surface area contributed by atoms with Gasteiger partial charge in [-0.2, -0.15) is 0 Å². The Morgan fingerprint density at radius 1 is 1.41 bits per heavy atom. The molecule has 116 valence electrons. The van der Waals surface area contributed by atoms with Gasteiger partial charge < -0.3 is 4.74 Å². The first-order valence-corrected chi connectivity index (χ1v) is 8.73. The molecule has 1 atom stereocenters. The van der Waals surface area contributed by atoms with Crippen LogP contribution in [0.3, 0.4) is 0 Å². The molecule has 1 unspecified atom stereocenters. The van der Waals surface area contributed by atoms with Gasteiger partial charge in [0.1, 0.15) is 6.61 Å².